The van der Waals surface area contributed by atoms with Gasteiger partial charge in [0, 0.05) is 37.8 Å². The van der Waals surface area contributed by atoms with E-state index in [0.717, 1.165) is 11.3 Å². The third kappa shape index (κ3) is 4.83. The van der Waals surface area contributed by atoms with Crippen LogP contribution in [0, 0.1) is 6.92 Å². The van der Waals surface area contributed by atoms with E-state index in [1.54, 1.807) is 11.6 Å². The summed E-state index contributed by atoms with van der Waals surface area (Å²) in [5, 5.41) is 0.571. The molecule has 1 aromatic carbocycles. The molecule has 2 aromatic rings. The predicted octanol–water partition coefficient (Wildman–Crippen LogP) is 2.41. The largest absolute Gasteiger partial charge is 0.372 e. The number of amides is 1. The summed E-state index contributed by atoms with van der Waals surface area (Å²) in [7, 11) is 1.72. The van der Waals surface area contributed by atoms with E-state index in [9.17, 15) is 9.59 Å². The van der Waals surface area contributed by atoms with Crippen molar-refractivity contribution in [3.05, 3.63) is 57.5 Å². The van der Waals surface area contributed by atoms with Gasteiger partial charge in [-0.1, -0.05) is 42.1 Å². The van der Waals surface area contributed by atoms with E-state index >= 15 is 0 Å². The number of thioether (sulfide) groups is 1. The van der Waals surface area contributed by atoms with Crippen LogP contribution in [0.2, 0.25) is 0 Å². The number of aromatic nitrogens is 2. The maximum Gasteiger partial charge on any atom is 0.257 e. The molecule has 0 radical (unpaired) electrons. The number of hydrogen-bond acceptors (Lipinski definition) is 5. The number of nitrogens with zero attached hydrogens (tertiary/aromatic N) is 3. The van der Waals surface area contributed by atoms with Crippen LogP contribution in [0.15, 0.2) is 40.3 Å². The number of hydrogen-bond donors (Lipinski definition) is 0. The van der Waals surface area contributed by atoms with Gasteiger partial charge in [-0.3, -0.25) is 14.2 Å². The molecule has 2 atom stereocenters. The predicted molar refractivity (Wildman–Crippen MR) is 111 cm³/mol. The van der Waals surface area contributed by atoms with Crippen molar-refractivity contribution >= 4 is 17.7 Å². The number of rotatable bonds is 5. The molecule has 1 saturated heterocycles. The first-order chi connectivity index (χ1) is 13.3. The average molecular weight is 402 g/mol. The zero-order valence-electron chi connectivity index (χ0n) is 16.8. The summed E-state index contributed by atoms with van der Waals surface area (Å²) in [5.41, 5.74) is 2.44. The van der Waals surface area contributed by atoms with Crippen LogP contribution in [-0.4, -0.2) is 51.4 Å². The van der Waals surface area contributed by atoms with E-state index < -0.39 is 0 Å². The van der Waals surface area contributed by atoms with Crippen LogP contribution in [0.5, 0.6) is 0 Å². The van der Waals surface area contributed by atoms with Gasteiger partial charge in [-0.05, 0) is 26.3 Å². The van der Waals surface area contributed by atoms with Gasteiger partial charge in [0.2, 0.25) is 5.91 Å². The van der Waals surface area contributed by atoms with Gasteiger partial charge in [0.15, 0.2) is 5.16 Å². The van der Waals surface area contributed by atoms with E-state index in [0.29, 0.717) is 30.2 Å². The maximum atomic E-state index is 12.8. The SMILES string of the molecule is Cc1nc(SCC(=O)N2CC(C)OC(C)C2)n(C)c(=O)c1Cc1ccccc1. The highest BCUT2D eigenvalue weighted by molar-refractivity contribution is 7.99. The molecular formula is C21H27N3O3S. The lowest BCUT2D eigenvalue weighted by atomic mass is 10.1. The molecule has 7 heteroatoms. The van der Waals surface area contributed by atoms with Gasteiger partial charge < -0.3 is 9.64 Å². The molecule has 1 fully saturated rings. The van der Waals surface area contributed by atoms with Crippen molar-refractivity contribution in [2.75, 3.05) is 18.8 Å². The van der Waals surface area contributed by atoms with Crippen LogP contribution >= 0.6 is 11.8 Å². The van der Waals surface area contributed by atoms with E-state index in [-0.39, 0.29) is 29.4 Å². The summed E-state index contributed by atoms with van der Waals surface area (Å²) < 4.78 is 7.23. The average Bonchev–Trinajstić information content (AvgIpc) is 2.66. The first-order valence-electron chi connectivity index (χ1n) is 9.51. The molecule has 0 N–H and O–H groups in total. The second-order valence-corrected chi connectivity index (χ2v) is 8.27. The second-order valence-electron chi connectivity index (χ2n) is 7.33. The Balaban J connectivity index is 1.71. The van der Waals surface area contributed by atoms with Crippen LogP contribution in [-0.2, 0) is 23.0 Å². The Morgan fingerprint density at radius 1 is 1.21 bits per heavy atom. The van der Waals surface area contributed by atoms with Crippen molar-refractivity contribution in [2.45, 2.75) is 44.6 Å². The van der Waals surface area contributed by atoms with E-state index in [1.807, 2.05) is 56.0 Å². The van der Waals surface area contributed by atoms with Crippen molar-refractivity contribution in [3.8, 4) is 0 Å². The van der Waals surface area contributed by atoms with Crippen molar-refractivity contribution in [2.24, 2.45) is 7.05 Å². The molecule has 6 nitrogen and oxygen atoms in total. The van der Waals surface area contributed by atoms with E-state index in [1.165, 1.54) is 11.8 Å². The van der Waals surface area contributed by atoms with Crippen LogP contribution in [0.1, 0.15) is 30.7 Å². The number of morpholine rings is 1. The van der Waals surface area contributed by atoms with Gasteiger partial charge in [0.25, 0.3) is 5.56 Å². The lowest BCUT2D eigenvalue weighted by Gasteiger charge is -2.35. The number of benzene rings is 1. The second kappa shape index (κ2) is 8.92. The molecule has 1 aliphatic heterocycles. The summed E-state index contributed by atoms with van der Waals surface area (Å²) in [6, 6.07) is 9.89. The van der Waals surface area contributed by atoms with Crippen molar-refractivity contribution in [3.63, 3.8) is 0 Å². The molecule has 28 heavy (non-hydrogen) atoms. The Labute approximate surface area is 169 Å². The topological polar surface area (TPSA) is 64.4 Å². The summed E-state index contributed by atoms with van der Waals surface area (Å²) >= 11 is 1.31. The molecular weight excluding hydrogens is 374 g/mol. The van der Waals surface area contributed by atoms with Crippen molar-refractivity contribution in [1.29, 1.82) is 0 Å². The van der Waals surface area contributed by atoms with E-state index in [4.69, 9.17) is 4.74 Å². The molecule has 150 valence electrons. The molecule has 2 heterocycles. The van der Waals surface area contributed by atoms with Gasteiger partial charge in [-0.15, -0.1) is 0 Å². The smallest absolute Gasteiger partial charge is 0.257 e. The quantitative estimate of drug-likeness (QED) is 0.569. The number of carbonyl (C=O) groups is 1. The zero-order valence-corrected chi connectivity index (χ0v) is 17.7. The Morgan fingerprint density at radius 2 is 1.86 bits per heavy atom. The maximum absolute atomic E-state index is 12.8. The molecule has 2 unspecified atom stereocenters. The molecule has 1 amide bonds. The Bertz CT molecular complexity index is 888. The van der Waals surface area contributed by atoms with Gasteiger partial charge in [-0.2, -0.15) is 0 Å². The van der Waals surface area contributed by atoms with Crippen LogP contribution < -0.4 is 5.56 Å². The summed E-state index contributed by atoms with van der Waals surface area (Å²) in [6.45, 7) is 7.01. The first-order valence-corrected chi connectivity index (χ1v) is 10.5. The Kier molecular flexibility index (Phi) is 6.57. The highest BCUT2D eigenvalue weighted by Gasteiger charge is 2.26. The molecule has 1 aliphatic rings. The minimum atomic E-state index is -0.0556. The lowest BCUT2D eigenvalue weighted by molar-refractivity contribution is -0.140. The van der Waals surface area contributed by atoms with Crippen LogP contribution in [0.3, 0.4) is 0 Å². The fourth-order valence-corrected chi connectivity index (χ4v) is 4.37. The number of ether oxygens (including phenoxy) is 1. The third-order valence-electron chi connectivity index (χ3n) is 4.87. The summed E-state index contributed by atoms with van der Waals surface area (Å²) in [4.78, 5) is 31.9. The fourth-order valence-electron chi connectivity index (χ4n) is 3.46. The fraction of sp³-hybridized carbons (Fsp3) is 0.476. The standard InChI is InChI=1S/C21H27N3O3S/c1-14-11-24(12-15(2)27-14)19(25)13-28-21-22-16(3)18(20(26)23(21)4)10-17-8-6-5-7-9-17/h5-9,14-15H,10-13H2,1-4H3. The van der Waals surface area contributed by atoms with Gasteiger partial charge in [0.1, 0.15) is 0 Å². The van der Waals surface area contributed by atoms with Crippen molar-refractivity contribution < 1.29 is 9.53 Å². The normalized spacial score (nSPS) is 19.6. The molecule has 0 spiro atoms. The number of aryl methyl sites for hydroxylation is 1. The Hall–Kier alpha value is -2.12. The van der Waals surface area contributed by atoms with Gasteiger partial charge >= 0.3 is 0 Å². The minimum Gasteiger partial charge on any atom is -0.372 e. The van der Waals surface area contributed by atoms with Gasteiger partial charge in [-0.25, -0.2) is 4.98 Å². The molecule has 3 rings (SSSR count). The zero-order chi connectivity index (χ0) is 20.3. The summed E-state index contributed by atoms with van der Waals surface area (Å²) in [6.07, 6.45) is 0.638. The monoisotopic (exact) mass is 401 g/mol. The third-order valence-corrected chi connectivity index (χ3v) is 5.89. The molecule has 1 aromatic heterocycles. The lowest BCUT2D eigenvalue weighted by Crippen LogP contribution is -2.48. The highest BCUT2D eigenvalue weighted by Crippen LogP contribution is 2.19. The van der Waals surface area contributed by atoms with Crippen LogP contribution in [0.25, 0.3) is 0 Å². The molecule has 0 saturated carbocycles. The number of carbonyl (C=O) groups excluding carboxylic acids is 1. The van der Waals surface area contributed by atoms with Gasteiger partial charge in [0.05, 0.1) is 18.0 Å². The minimum absolute atomic E-state index is 0.0414. The first kappa shape index (κ1) is 20.6. The molecule has 0 bridgehead atoms. The van der Waals surface area contributed by atoms with Crippen LogP contribution in [0.4, 0.5) is 0 Å². The van der Waals surface area contributed by atoms with E-state index in [2.05, 4.69) is 4.98 Å². The Morgan fingerprint density at radius 3 is 2.50 bits per heavy atom. The van der Waals surface area contributed by atoms with Crippen molar-refractivity contribution in [1.82, 2.24) is 14.5 Å². The molecule has 0 aliphatic carbocycles. The highest BCUT2D eigenvalue weighted by atomic mass is 32.2. The summed E-state index contributed by atoms with van der Waals surface area (Å²) in [5.74, 6) is 0.309.